The maximum Gasteiger partial charge on any atom is 0.274 e. The molecule has 1 aliphatic rings. The molecule has 1 aliphatic heterocycles. The lowest BCUT2D eigenvalue weighted by Crippen LogP contribution is -2.38. The summed E-state index contributed by atoms with van der Waals surface area (Å²) in [6, 6.07) is 8.95. The van der Waals surface area contributed by atoms with E-state index in [1.807, 2.05) is 35.0 Å². The number of aromatic nitrogens is 3. The first-order chi connectivity index (χ1) is 16.0. The molecular formula is C23H28N6O4. The summed E-state index contributed by atoms with van der Waals surface area (Å²) in [5, 5.41) is 3.78. The maximum absolute atomic E-state index is 13.1. The third-order valence-electron chi connectivity index (χ3n) is 5.54. The van der Waals surface area contributed by atoms with Gasteiger partial charge in [-0.2, -0.15) is 4.98 Å². The number of benzene rings is 1. The van der Waals surface area contributed by atoms with Crippen LogP contribution in [0, 0.1) is 0 Å². The molecule has 0 spiro atoms. The molecule has 0 bridgehead atoms. The zero-order valence-corrected chi connectivity index (χ0v) is 19.1. The number of nitrogens with zero attached hydrogens (tertiary/aromatic N) is 5. The summed E-state index contributed by atoms with van der Waals surface area (Å²) in [5.41, 5.74) is 1.68. The van der Waals surface area contributed by atoms with Crippen LogP contribution in [-0.2, 0) is 9.47 Å². The number of methoxy groups -OCH3 is 1. The molecule has 10 nitrogen and oxygen atoms in total. The van der Waals surface area contributed by atoms with Crippen LogP contribution in [0.15, 0.2) is 36.5 Å². The van der Waals surface area contributed by atoms with Gasteiger partial charge < -0.3 is 24.6 Å². The van der Waals surface area contributed by atoms with Gasteiger partial charge >= 0.3 is 0 Å². The Morgan fingerprint density at radius 2 is 1.97 bits per heavy atom. The smallest absolute Gasteiger partial charge is 0.274 e. The van der Waals surface area contributed by atoms with E-state index in [-0.39, 0.29) is 17.5 Å². The molecule has 174 valence electrons. The van der Waals surface area contributed by atoms with Gasteiger partial charge in [-0.05, 0) is 24.3 Å². The second kappa shape index (κ2) is 9.97. The van der Waals surface area contributed by atoms with Crippen molar-refractivity contribution in [2.45, 2.75) is 6.92 Å². The normalized spacial score (nSPS) is 13.8. The monoisotopic (exact) mass is 452 g/mol. The quantitative estimate of drug-likeness (QED) is 0.583. The number of rotatable bonds is 7. The molecule has 0 saturated carbocycles. The first kappa shape index (κ1) is 22.7. The van der Waals surface area contributed by atoms with Crippen molar-refractivity contribution < 1.29 is 19.1 Å². The SMILES string of the molecule is COCCN(C)c1cc(C(=O)Nc2ccc3c(ccn3C(C)=O)c2)nc(N2CCOCC2)n1. The number of hydrogen-bond donors (Lipinski definition) is 1. The number of hydrogen-bond acceptors (Lipinski definition) is 8. The van der Waals surface area contributed by atoms with Crippen molar-refractivity contribution >= 4 is 40.2 Å². The van der Waals surface area contributed by atoms with Crippen LogP contribution in [-0.4, -0.2) is 80.0 Å². The van der Waals surface area contributed by atoms with Gasteiger partial charge in [-0.25, -0.2) is 4.98 Å². The number of anilines is 3. The highest BCUT2D eigenvalue weighted by Gasteiger charge is 2.20. The van der Waals surface area contributed by atoms with Crippen LogP contribution >= 0.6 is 0 Å². The number of amides is 1. The second-order valence-corrected chi connectivity index (χ2v) is 7.86. The van der Waals surface area contributed by atoms with E-state index in [4.69, 9.17) is 9.47 Å². The van der Waals surface area contributed by atoms with Crippen LogP contribution in [0.25, 0.3) is 10.9 Å². The minimum Gasteiger partial charge on any atom is -0.383 e. The highest BCUT2D eigenvalue weighted by atomic mass is 16.5. The van der Waals surface area contributed by atoms with E-state index < -0.39 is 0 Å². The van der Waals surface area contributed by atoms with Crippen molar-refractivity contribution in [2.24, 2.45) is 0 Å². The summed E-state index contributed by atoms with van der Waals surface area (Å²) in [6.45, 7) is 5.18. The summed E-state index contributed by atoms with van der Waals surface area (Å²) >= 11 is 0. The van der Waals surface area contributed by atoms with Gasteiger partial charge in [0.2, 0.25) is 11.9 Å². The molecule has 0 unspecified atom stereocenters. The van der Waals surface area contributed by atoms with Gasteiger partial charge in [-0.15, -0.1) is 0 Å². The van der Waals surface area contributed by atoms with Crippen LogP contribution in [0.3, 0.4) is 0 Å². The van der Waals surface area contributed by atoms with E-state index in [1.54, 1.807) is 30.0 Å². The minimum atomic E-state index is -0.335. The molecular weight excluding hydrogens is 424 g/mol. The highest BCUT2D eigenvalue weighted by molar-refractivity contribution is 6.04. The van der Waals surface area contributed by atoms with Gasteiger partial charge in [0, 0.05) is 64.1 Å². The van der Waals surface area contributed by atoms with Gasteiger partial charge in [0.25, 0.3) is 5.91 Å². The number of ether oxygens (including phenoxy) is 2. The summed E-state index contributed by atoms with van der Waals surface area (Å²) in [7, 11) is 3.55. The van der Waals surface area contributed by atoms with E-state index in [0.29, 0.717) is 56.9 Å². The predicted octanol–water partition coefficient (Wildman–Crippen LogP) is 2.26. The summed E-state index contributed by atoms with van der Waals surface area (Å²) in [5.74, 6) is 0.740. The third-order valence-corrected chi connectivity index (χ3v) is 5.54. The molecule has 2 aromatic heterocycles. The number of fused-ring (bicyclic) bond motifs is 1. The number of nitrogens with one attached hydrogen (secondary N) is 1. The molecule has 3 heterocycles. The summed E-state index contributed by atoms with van der Waals surface area (Å²) in [6.07, 6.45) is 1.72. The Balaban J connectivity index is 1.61. The van der Waals surface area contributed by atoms with E-state index in [0.717, 1.165) is 10.9 Å². The van der Waals surface area contributed by atoms with Gasteiger partial charge in [0.1, 0.15) is 11.5 Å². The number of carbonyl (C=O) groups is 2. The molecule has 1 N–H and O–H groups in total. The fourth-order valence-corrected chi connectivity index (χ4v) is 3.67. The number of likely N-dealkylation sites (N-methyl/N-ethyl adjacent to an activating group) is 1. The standard InChI is InChI=1S/C23H28N6O4/c1-16(30)29-7-6-17-14-18(4-5-20(17)29)24-22(31)19-15-21(27(2)8-11-32-3)26-23(25-19)28-9-12-33-13-10-28/h4-7,14-15H,8-13H2,1-3H3,(H,24,31). The fourth-order valence-electron chi connectivity index (χ4n) is 3.67. The van der Waals surface area contributed by atoms with Crippen LogP contribution in [0.4, 0.5) is 17.5 Å². The van der Waals surface area contributed by atoms with Gasteiger partial charge in [-0.1, -0.05) is 0 Å². The Morgan fingerprint density at radius 3 is 2.70 bits per heavy atom. The molecule has 33 heavy (non-hydrogen) atoms. The Morgan fingerprint density at radius 1 is 1.18 bits per heavy atom. The number of morpholine rings is 1. The maximum atomic E-state index is 13.1. The summed E-state index contributed by atoms with van der Waals surface area (Å²) in [4.78, 5) is 38.1. The Bertz CT molecular complexity index is 1160. The number of carbonyl (C=O) groups excluding carboxylic acids is 2. The van der Waals surface area contributed by atoms with E-state index in [1.165, 1.54) is 6.92 Å². The van der Waals surface area contributed by atoms with Gasteiger partial charge in [0.05, 0.1) is 25.3 Å². The minimum absolute atomic E-state index is 0.0662. The molecule has 3 aromatic rings. The average molecular weight is 453 g/mol. The lowest BCUT2D eigenvalue weighted by molar-refractivity contribution is 0.0940. The molecule has 4 rings (SSSR count). The predicted molar refractivity (Wildman–Crippen MR) is 126 cm³/mol. The van der Waals surface area contributed by atoms with Crippen molar-refractivity contribution in [3.63, 3.8) is 0 Å². The van der Waals surface area contributed by atoms with E-state index >= 15 is 0 Å². The first-order valence-corrected chi connectivity index (χ1v) is 10.8. The second-order valence-electron chi connectivity index (χ2n) is 7.86. The lowest BCUT2D eigenvalue weighted by Gasteiger charge is -2.28. The van der Waals surface area contributed by atoms with E-state index in [2.05, 4.69) is 15.3 Å². The van der Waals surface area contributed by atoms with Crippen molar-refractivity contribution in [3.05, 3.63) is 42.2 Å². The van der Waals surface area contributed by atoms with Crippen LogP contribution in [0.5, 0.6) is 0 Å². The molecule has 1 saturated heterocycles. The molecule has 1 aromatic carbocycles. The van der Waals surface area contributed by atoms with Gasteiger partial charge in [0.15, 0.2) is 0 Å². The Labute approximate surface area is 192 Å². The molecule has 1 amide bonds. The fraction of sp³-hybridized carbons (Fsp3) is 0.391. The van der Waals surface area contributed by atoms with Crippen molar-refractivity contribution in [2.75, 3.05) is 68.7 Å². The molecule has 1 fully saturated rings. The van der Waals surface area contributed by atoms with E-state index in [9.17, 15) is 9.59 Å². The molecule has 10 heteroatoms. The topological polar surface area (TPSA) is 102 Å². The average Bonchev–Trinajstić information content (AvgIpc) is 3.26. The lowest BCUT2D eigenvalue weighted by atomic mass is 10.2. The van der Waals surface area contributed by atoms with Crippen LogP contribution in [0.1, 0.15) is 22.2 Å². The zero-order chi connectivity index (χ0) is 23.4. The zero-order valence-electron chi connectivity index (χ0n) is 19.1. The molecule has 0 aliphatic carbocycles. The van der Waals surface area contributed by atoms with Crippen LogP contribution < -0.4 is 15.1 Å². The highest BCUT2D eigenvalue weighted by Crippen LogP contribution is 2.22. The van der Waals surface area contributed by atoms with Crippen molar-refractivity contribution in [1.82, 2.24) is 14.5 Å². The Hall–Kier alpha value is -3.50. The van der Waals surface area contributed by atoms with Crippen molar-refractivity contribution in [1.29, 1.82) is 0 Å². The van der Waals surface area contributed by atoms with Gasteiger partial charge in [-0.3, -0.25) is 14.2 Å². The largest absolute Gasteiger partial charge is 0.383 e. The van der Waals surface area contributed by atoms with Crippen molar-refractivity contribution in [3.8, 4) is 0 Å². The Kier molecular flexibility index (Phi) is 6.85. The molecule has 0 radical (unpaired) electrons. The third kappa shape index (κ3) is 5.12. The molecule has 0 atom stereocenters. The van der Waals surface area contributed by atoms with Crippen LogP contribution in [0.2, 0.25) is 0 Å². The summed E-state index contributed by atoms with van der Waals surface area (Å²) < 4.78 is 12.2. The first-order valence-electron chi connectivity index (χ1n) is 10.8.